The molecule has 2 heterocycles. The highest BCUT2D eigenvalue weighted by atomic mass is 16.5. The molecule has 0 unspecified atom stereocenters. The molecular formula is C10H11N5O. The summed E-state index contributed by atoms with van der Waals surface area (Å²) in [6, 6.07) is 3.63. The molecule has 0 aromatic carbocycles. The summed E-state index contributed by atoms with van der Waals surface area (Å²) < 4.78 is 5.10. The van der Waals surface area contributed by atoms with Gasteiger partial charge in [0.05, 0.1) is 7.11 Å². The van der Waals surface area contributed by atoms with Crippen LogP contribution < -0.4 is 10.1 Å². The Kier molecular flexibility index (Phi) is 2.90. The van der Waals surface area contributed by atoms with Crippen LogP contribution in [0.25, 0.3) is 11.4 Å². The lowest BCUT2D eigenvalue weighted by molar-refractivity contribution is 0.397. The zero-order valence-electron chi connectivity index (χ0n) is 9.01. The van der Waals surface area contributed by atoms with Crippen LogP contribution in [0.1, 0.15) is 0 Å². The monoisotopic (exact) mass is 217 g/mol. The molecule has 0 aliphatic carbocycles. The second-order valence-corrected chi connectivity index (χ2v) is 2.97. The van der Waals surface area contributed by atoms with Gasteiger partial charge in [0.25, 0.3) is 0 Å². The highest BCUT2D eigenvalue weighted by Gasteiger charge is 2.09. The van der Waals surface area contributed by atoms with Crippen LogP contribution in [0.5, 0.6) is 5.88 Å². The summed E-state index contributed by atoms with van der Waals surface area (Å²) in [6.45, 7) is 0. The van der Waals surface area contributed by atoms with E-state index in [2.05, 4.69) is 25.5 Å². The molecular weight excluding hydrogens is 206 g/mol. The van der Waals surface area contributed by atoms with Crippen LogP contribution in [0.2, 0.25) is 0 Å². The lowest BCUT2D eigenvalue weighted by atomic mass is 10.3. The second kappa shape index (κ2) is 4.52. The van der Waals surface area contributed by atoms with E-state index in [1.54, 1.807) is 26.6 Å². The molecule has 0 fully saturated rings. The van der Waals surface area contributed by atoms with Gasteiger partial charge < -0.3 is 10.1 Å². The summed E-state index contributed by atoms with van der Waals surface area (Å²) in [5, 5.41) is 10.9. The lowest BCUT2D eigenvalue weighted by Crippen LogP contribution is -1.98. The number of methoxy groups -OCH3 is 1. The van der Waals surface area contributed by atoms with Crippen molar-refractivity contribution in [3.8, 4) is 17.3 Å². The van der Waals surface area contributed by atoms with Crippen molar-refractivity contribution in [1.29, 1.82) is 0 Å². The van der Waals surface area contributed by atoms with E-state index in [9.17, 15) is 0 Å². The van der Waals surface area contributed by atoms with E-state index in [0.29, 0.717) is 23.1 Å². The molecule has 2 aromatic rings. The van der Waals surface area contributed by atoms with Crippen molar-refractivity contribution in [2.24, 2.45) is 0 Å². The Hall–Kier alpha value is -2.24. The van der Waals surface area contributed by atoms with Crippen LogP contribution in [0, 0.1) is 0 Å². The summed E-state index contributed by atoms with van der Waals surface area (Å²) in [5.74, 6) is 1.14. The van der Waals surface area contributed by atoms with Crippen molar-refractivity contribution >= 4 is 5.82 Å². The van der Waals surface area contributed by atoms with E-state index in [4.69, 9.17) is 4.74 Å². The van der Waals surface area contributed by atoms with Gasteiger partial charge in [0.15, 0.2) is 5.69 Å². The van der Waals surface area contributed by atoms with Gasteiger partial charge in [-0.15, -0.1) is 10.2 Å². The highest BCUT2D eigenvalue weighted by Crippen LogP contribution is 2.22. The predicted octanol–water partition coefficient (Wildman–Crippen LogP) is 0.984. The number of ether oxygens (including phenoxy) is 1. The Bertz CT molecular complexity index is 471. The standard InChI is InChI=1S/C10H11N5O/c1-11-8-4-3-7(14-15-8)9-10(16-2)13-6-5-12-9/h3-6H,1-2H3,(H,11,15). The smallest absolute Gasteiger partial charge is 0.242 e. The minimum Gasteiger partial charge on any atom is -0.479 e. The SMILES string of the molecule is CNc1ccc(-c2nccnc2OC)nn1. The zero-order chi connectivity index (χ0) is 11.4. The van der Waals surface area contributed by atoms with Gasteiger partial charge in [-0.05, 0) is 12.1 Å². The van der Waals surface area contributed by atoms with Crippen LogP contribution in [-0.4, -0.2) is 34.3 Å². The van der Waals surface area contributed by atoms with Crippen LogP contribution in [0.4, 0.5) is 5.82 Å². The maximum absolute atomic E-state index is 5.10. The topological polar surface area (TPSA) is 72.8 Å². The quantitative estimate of drug-likeness (QED) is 0.826. The Morgan fingerprint density at radius 1 is 1.12 bits per heavy atom. The maximum atomic E-state index is 5.10. The molecule has 0 bridgehead atoms. The van der Waals surface area contributed by atoms with Gasteiger partial charge in [-0.25, -0.2) is 9.97 Å². The Labute approximate surface area is 92.7 Å². The molecule has 0 aliphatic heterocycles. The van der Waals surface area contributed by atoms with Crippen molar-refractivity contribution in [2.75, 3.05) is 19.5 Å². The van der Waals surface area contributed by atoms with E-state index >= 15 is 0 Å². The first-order chi connectivity index (χ1) is 7.85. The Morgan fingerprint density at radius 2 is 1.94 bits per heavy atom. The number of anilines is 1. The van der Waals surface area contributed by atoms with Gasteiger partial charge >= 0.3 is 0 Å². The molecule has 6 nitrogen and oxygen atoms in total. The van der Waals surface area contributed by atoms with Crippen molar-refractivity contribution in [3.63, 3.8) is 0 Å². The van der Waals surface area contributed by atoms with E-state index in [-0.39, 0.29) is 0 Å². The van der Waals surface area contributed by atoms with Gasteiger partial charge in [-0.2, -0.15) is 0 Å². The van der Waals surface area contributed by atoms with Crippen LogP contribution in [-0.2, 0) is 0 Å². The lowest BCUT2D eigenvalue weighted by Gasteiger charge is -2.04. The van der Waals surface area contributed by atoms with Crippen LogP contribution in [0.15, 0.2) is 24.5 Å². The molecule has 6 heteroatoms. The molecule has 0 atom stereocenters. The molecule has 0 spiro atoms. The number of rotatable bonds is 3. The van der Waals surface area contributed by atoms with Gasteiger partial charge in [0.2, 0.25) is 5.88 Å². The summed E-state index contributed by atoms with van der Waals surface area (Å²) in [6.07, 6.45) is 3.16. The van der Waals surface area contributed by atoms with Crippen molar-refractivity contribution < 1.29 is 4.74 Å². The molecule has 1 N–H and O–H groups in total. The number of hydrogen-bond donors (Lipinski definition) is 1. The molecule has 0 radical (unpaired) electrons. The van der Waals surface area contributed by atoms with E-state index in [1.807, 2.05) is 12.1 Å². The van der Waals surface area contributed by atoms with Crippen molar-refractivity contribution in [1.82, 2.24) is 20.2 Å². The second-order valence-electron chi connectivity index (χ2n) is 2.97. The average Bonchev–Trinajstić information content (AvgIpc) is 2.39. The van der Waals surface area contributed by atoms with Crippen molar-refractivity contribution in [2.45, 2.75) is 0 Å². The van der Waals surface area contributed by atoms with E-state index in [0.717, 1.165) is 0 Å². The Morgan fingerprint density at radius 3 is 2.56 bits per heavy atom. The molecule has 0 aliphatic rings. The van der Waals surface area contributed by atoms with E-state index < -0.39 is 0 Å². The first-order valence-corrected chi connectivity index (χ1v) is 4.72. The number of hydrogen-bond acceptors (Lipinski definition) is 6. The van der Waals surface area contributed by atoms with Gasteiger partial charge in [-0.3, -0.25) is 0 Å². The molecule has 2 rings (SSSR count). The maximum Gasteiger partial charge on any atom is 0.242 e. The molecule has 0 saturated carbocycles. The van der Waals surface area contributed by atoms with Crippen LogP contribution >= 0.6 is 0 Å². The van der Waals surface area contributed by atoms with Crippen LogP contribution in [0.3, 0.4) is 0 Å². The van der Waals surface area contributed by atoms with E-state index in [1.165, 1.54) is 0 Å². The van der Waals surface area contributed by atoms with Gasteiger partial charge in [0.1, 0.15) is 11.5 Å². The first-order valence-electron chi connectivity index (χ1n) is 4.72. The fourth-order valence-electron chi connectivity index (χ4n) is 1.24. The summed E-state index contributed by atoms with van der Waals surface area (Å²) in [4.78, 5) is 8.21. The van der Waals surface area contributed by atoms with Gasteiger partial charge in [-0.1, -0.05) is 0 Å². The van der Waals surface area contributed by atoms with Crippen molar-refractivity contribution in [3.05, 3.63) is 24.5 Å². The first kappa shape index (κ1) is 10.3. The molecule has 16 heavy (non-hydrogen) atoms. The summed E-state index contributed by atoms with van der Waals surface area (Å²) in [7, 11) is 3.33. The zero-order valence-corrected chi connectivity index (χ0v) is 9.01. The molecule has 0 saturated heterocycles. The predicted molar refractivity (Wildman–Crippen MR) is 59.2 cm³/mol. The number of nitrogens with one attached hydrogen (secondary N) is 1. The fourth-order valence-corrected chi connectivity index (χ4v) is 1.24. The third-order valence-electron chi connectivity index (χ3n) is 2.02. The third-order valence-corrected chi connectivity index (χ3v) is 2.02. The third kappa shape index (κ3) is 1.90. The summed E-state index contributed by atoms with van der Waals surface area (Å²) in [5.41, 5.74) is 1.21. The fraction of sp³-hybridized carbons (Fsp3) is 0.200. The molecule has 0 amide bonds. The molecule has 82 valence electrons. The number of nitrogens with zero attached hydrogens (tertiary/aromatic N) is 4. The minimum absolute atomic E-state index is 0.439. The average molecular weight is 217 g/mol. The number of aromatic nitrogens is 4. The normalized spacial score (nSPS) is 9.88. The Balaban J connectivity index is 2.42. The largest absolute Gasteiger partial charge is 0.479 e. The molecule has 2 aromatic heterocycles. The minimum atomic E-state index is 0.439. The van der Waals surface area contributed by atoms with Gasteiger partial charge in [0, 0.05) is 19.4 Å². The highest BCUT2D eigenvalue weighted by molar-refractivity contribution is 5.60. The summed E-state index contributed by atoms with van der Waals surface area (Å²) >= 11 is 0.